The molecule has 0 spiro atoms. The lowest BCUT2D eigenvalue weighted by Gasteiger charge is -2.31. The van der Waals surface area contributed by atoms with Gasteiger partial charge in [-0.2, -0.15) is 0 Å². The molecule has 0 heterocycles. The van der Waals surface area contributed by atoms with Gasteiger partial charge in [-0.15, -0.1) is 0 Å². The Kier molecular flexibility index (Phi) is 10.2. The normalized spacial score (nSPS) is 13.2. The standard InChI is InChI=1S/C26H35Cl2N3O3/c1-6-7-17(2)31(16-23(32)19-10-13-21(27)22(28)14-19)25(34)30-20-11-8-18(9-12-20)15-29-24(33)26(3,4)5/h8-14,17,23,32H,6-7,15-16H2,1-5H3,(H,29,33)(H,30,34)/t17?,23-/m1/s1. The van der Waals surface area contributed by atoms with E-state index in [-0.39, 0.29) is 24.5 Å². The highest BCUT2D eigenvalue weighted by molar-refractivity contribution is 6.42. The van der Waals surface area contributed by atoms with Crippen molar-refractivity contribution in [2.75, 3.05) is 11.9 Å². The van der Waals surface area contributed by atoms with E-state index in [1.165, 1.54) is 0 Å². The number of carbonyl (C=O) groups is 2. The molecule has 34 heavy (non-hydrogen) atoms. The van der Waals surface area contributed by atoms with E-state index in [1.807, 2.05) is 39.8 Å². The van der Waals surface area contributed by atoms with Gasteiger partial charge < -0.3 is 20.6 Å². The van der Waals surface area contributed by atoms with Crippen LogP contribution < -0.4 is 10.6 Å². The predicted octanol–water partition coefficient (Wildman–Crippen LogP) is 6.41. The van der Waals surface area contributed by atoms with Gasteiger partial charge in [0, 0.05) is 23.7 Å². The molecule has 0 bridgehead atoms. The maximum absolute atomic E-state index is 13.1. The first-order valence-corrected chi connectivity index (χ1v) is 12.3. The van der Waals surface area contributed by atoms with Crippen LogP contribution in [-0.4, -0.2) is 34.5 Å². The number of carbonyl (C=O) groups excluding carboxylic acids is 2. The maximum Gasteiger partial charge on any atom is 0.322 e. The highest BCUT2D eigenvalue weighted by Gasteiger charge is 2.24. The van der Waals surface area contributed by atoms with Crippen molar-refractivity contribution < 1.29 is 14.7 Å². The fourth-order valence-electron chi connectivity index (χ4n) is 3.40. The fourth-order valence-corrected chi connectivity index (χ4v) is 3.70. The Morgan fingerprint density at radius 1 is 1.06 bits per heavy atom. The molecule has 2 aromatic carbocycles. The number of aliphatic hydroxyl groups is 1. The highest BCUT2D eigenvalue weighted by Crippen LogP contribution is 2.27. The first-order chi connectivity index (χ1) is 15.9. The quantitative estimate of drug-likeness (QED) is 0.366. The van der Waals surface area contributed by atoms with Crippen molar-refractivity contribution in [3.63, 3.8) is 0 Å². The van der Waals surface area contributed by atoms with Crippen LogP contribution in [0.2, 0.25) is 10.0 Å². The summed E-state index contributed by atoms with van der Waals surface area (Å²) in [5, 5.41) is 17.4. The molecule has 2 rings (SSSR count). The average Bonchev–Trinajstić information content (AvgIpc) is 2.77. The molecular weight excluding hydrogens is 473 g/mol. The number of rotatable bonds is 9. The summed E-state index contributed by atoms with van der Waals surface area (Å²) in [6, 6.07) is 11.9. The molecular formula is C26H35Cl2N3O3. The van der Waals surface area contributed by atoms with Crippen LogP contribution in [0.15, 0.2) is 42.5 Å². The predicted molar refractivity (Wildman–Crippen MR) is 139 cm³/mol. The van der Waals surface area contributed by atoms with Gasteiger partial charge in [-0.3, -0.25) is 4.79 Å². The van der Waals surface area contributed by atoms with E-state index in [9.17, 15) is 14.7 Å². The SMILES string of the molecule is CCCC(C)N(C[C@@H](O)c1ccc(Cl)c(Cl)c1)C(=O)Nc1ccc(CNC(=O)C(C)(C)C)cc1. The van der Waals surface area contributed by atoms with E-state index in [0.29, 0.717) is 27.8 Å². The molecule has 0 fully saturated rings. The third-order valence-corrected chi connectivity index (χ3v) is 6.28. The highest BCUT2D eigenvalue weighted by atomic mass is 35.5. The molecule has 0 aliphatic rings. The van der Waals surface area contributed by atoms with Crippen molar-refractivity contribution in [1.82, 2.24) is 10.2 Å². The summed E-state index contributed by atoms with van der Waals surface area (Å²) >= 11 is 12.1. The second kappa shape index (κ2) is 12.4. The summed E-state index contributed by atoms with van der Waals surface area (Å²) in [4.78, 5) is 26.8. The average molecular weight is 508 g/mol. The van der Waals surface area contributed by atoms with Crippen LogP contribution in [0.25, 0.3) is 0 Å². The third-order valence-electron chi connectivity index (χ3n) is 5.54. The minimum atomic E-state index is -0.909. The largest absolute Gasteiger partial charge is 0.387 e. The number of nitrogens with zero attached hydrogens (tertiary/aromatic N) is 1. The molecule has 2 aromatic rings. The van der Waals surface area contributed by atoms with Crippen molar-refractivity contribution in [3.8, 4) is 0 Å². The zero-order valence-electron chi connectivity index (χ0n) is 20.5. The van der Waals surface area contributed by atoms with Crippen LogP contribution in [0.5, 0.6) is 0 Å². The van der Waals surface area contributed by atoms with E-state index in [0.717, 1.165) is 18.4 Å². The van der Waals surface area contributed by atoms with Gasteiger partial charge in [0.2, 0.25) is 5.91 Å². The molecule has 8 heteroatoms. The Balaban J connectivity index is 2.07. The number of benzene rings is 2. The topological polar surface area (TPSA) is 81.7 Å². The molecule has 0 saturated carbocycles. The van der Waals surface area contributed by atoms with Gasteiger partial charge in [-0.05, 0) is 48.7 Å². The second-order valence-electron chi connectivity index (χ2n) is 9.54. The molecule has 186 valence electrons. The van der Waals surface area contributed by atoms with Crippen LogP contribution in [-0.2, 0) is 11.3 Å². The van der Waals surface area contributed by atoms with E-state index >= 15 is 0 Å². The molecule has 6 nitrogen and oxygen atoms in total. The molecule has 3 amide bonds. The molecule has 0 saturated heterocycles. The van der Waals surface area contributed by atoms with Crippen LogP contribution in [0.1, 0.15) is 64.7 Å². The first-order valence-electron chi connectivity index (χ1n) is 11.5. The van der Waals surface area contributed by atoms with Gasteiger partial charge in [0.1, 0.15) is 0 Å². The van der Waals surface area contributed by atoms with E-state index in [2.05, 4.69) is 17.6 Å². The number of urea groups is 1. The van der Waals surface area contributed by atoms with Crippen molar-refractivity contribution in [2.45, 2.75) is 66.2 Å². The Morgan fingerprint density at radius 2 is 1.71 bits per heavy atom. The second-order valence-corrected chi connectivity index (χ2v) is 10.4. The van der Waals surface area contributed by atoms with Gasteiger partial charge in [0.05, 0.1) is 22.7 Å². The van der Waals surface area contributed by atoms with Crippen molar-refractivity contribution >= 4 is 40.8 Å². The lowest BCUT2D eigenvalue weighted by Crippen LogP contribution is -2.43. The summed E-state index contributed by atoms with van der Waals surface area (Å²) in [6.07, 6.45) is 0.796. The number of anilines is 1. The van der Waals surface area contributed by atoms with E-state index in [4.69, 9.17) is 23.2 Å². The smallest absolute Gasteiger partial charge is 0.322 e. The maximum atomic E-state index is 13.1. The van der Waals surface area contributed by atoms with Gasteiger partial charge in [0.25, 0.3) is 0 Å². The van der Waals surface area contributed by atoms with Crippen molar-refractivity contribution in [1.29, 1.82) is 0 Å². The zero-order chi connectivity index (χ0) is 25.5. The van der Waals surface area contributed by atoms with Crippen LogP contribution >= 0.6 is 23.2 Å². The minimum Gasteiger partial charge on any atom is -0.387 e. The summed E-state index contributed by atoms with van der Waals surface area (Å²) in [5.74, 6) is -0.0223. The lowest BCUT2D eigenvalue weighted by molar-refractivity contribution is -0.128. The third kappa shape index (κ3) is 8.19. The molecule has 1 unspecified atom stereocenters. The summed E-state index contributed by atoms with van der Waals surface area (Å²) in [6.45, 7) is 10.1. The monoisotopic (exact) mass is 507 g/mol. The van der Waals surface area contributed by atoms with Gasteiger partial charge in [0.15, 0.2) is 0 Å². The molecule has 3 N–H and O–H groups in total. The minimum absolute atomic E-state index is 0.0223. The summed E-state index contributed by atoms with van der Waals surface area (Å²) in [7, 11) is 0. The molecule has 0 aliphatic carbocycles. The number of amides is 3. The number of aliphatic hydroxyl groups excluding tert-OH is 1. The first kappa shape index (κ1) is 28.0. The van der Waals surface area contributed by atoms with Gasteiger partial charge >= 0.3 is 6.03 Å². The van der Waals surface area contributed by atoms with E-state index in [1.54, 1.807) is 35.2 Å². The molecule has 2 atom stereocenters. The number of hydrogen-bond donors (Lipinski definition) is 3. The van der Waals surface area contributed by atoms with Crippen LogP contribution in [0, 0.1) is 5.41 Å². The van der Waals surface area contributed by atoms with Crippen LogP contribution in [0.4, 0.5) is 10.5 Å². The number of halogens is 2. The molecule has 0 radical (unpaired) electrons. The Morgan fingerprint density at radius 3 is 2.26 bits per heavy atom. The summed E-state index contributed by atoms with van der Waals surface area (Å²) in [5.41, 5.74) is 1.71. The van der Waals surface area contributed by atoms with Gasteiger partial charge in [-0.25, -0.2) is 4.79 Å². The van der Waals surface area contributed by atoms with Crippen molar-refractivity contribution in [3.05, 3.63) is 63.6 Å². The number of nitrogens with one attached hydrogen (secondary N) is 2. The Labute approximate surface area is 212 Å². The Hall–Kier alpha value is -2.28. The van der Waals surface area contributed by atoms with Crippen LogP contribution in [0.3, 0.4) is 0 Å². The lowest BCUT2D eigenvalue weighted by atomic mass is 9.95. The fraction of sp³-hybridized carbons (Fsp3) is 0.462. The van der Waals surface area contributed by atoms with Crippen molar-refractivity contribution in [2.24, 2.45) is 5.41 Å². The zero-order valence-corrected chi connectivity index (χ0v) is 22.0. The van der Waals surface area contributed by atoms with Gasteiger partial charge in [-0.1, -0.05) is 75.5 Å². The van der Waals surface area contributed by atoms with E-state index < -0.39 is 11.5 Å². The molecule has 0 aliphatic heterocycles. The summed E-state index contributed by atoms with van der Waals surface area (Å²) < 4.78 is 0. The Bertz CT molecular complexity index is 974. The molecule has 0 aromatic heterocycles. The number of hydrogen-bond acceptors (Lipinski definition) is 3.